The summed E-state index contributed by atoms with van der Waals surface area (Å²) in [5, 5.41) is 14.8. The molecule has 33 heavy (non-hydrogen) atoms. The Morgan fingerprint density at radius 1 is 1.06 bits per heavy atom. The zero-order valence-corrected chi connectivity index (χ0v) is 20.2. The maximum Gasteiger partial charge on any atom is 0.410 e. The van der Waals surface area contributed by atoms with Crippen molar-refractivity contribution < 1.29 is 14.5 Å². The number of benzene rings is 2. The Morgan fingerprint density at radius 2 is 1.70 bits per heavy atom. The highest BCUT2D eigenvalue weighted by Crippen LogP contribution is 2.30. The molecule has 1 saturated heterocycles. The van der Waals surface area contributed by atoms with Gasteiger partial charge in [-0.25, -0.2) is 4.79 Å². The van der Waals surface area contributed by atoms with Crippen LogP contribution >= 0.6 is 0 Å². The Balaban J connectivity index is 1.65. The van der Waals surface area contributed by atoms with E-state index in [0.29, 0.717) is 38.4 Å². The fourth-order valence-corrected chi connectivity index (χ4v) is 4.05. The number of nitro benzene ring substituents is 1. The first-order valence-corrected chi connectivity index (χ1v) is 11.3. The smallest absolute Gasteiger partial charge is 0.410 e. The van der Waals surface area contributed by atoms with Crippen molar-refractivity contribution in [1.82, 2.24) is 4.90 Å². The number of hydrogen-bond acceptors (Lipinski definition) is 6. The number of nitrogens with one attached hydrogen (secondary N) is 1. The minimum Gasteiger partial charge on any atom is -0.444 e. The van der Waals surface area contributed by atoms with Crippen molar-refractivity contribution in [3.8, 4) is 0 Å². The number of piperazine rings is 1. The fourth-order valence-electron chi connectivity index (χ4n) is 4.05. The second kappa shape index (κ2) is 10.1. The molecule has 0 aromatic heterocycles. The van der Waals surface area contributed by atoms with Crippen LogP contribution in [0.4, 0.5) is 21.9 Å². The molecule has 0 radical (unpaired) electrons. The first-order valence-electron chi connectivity index (χ1n) is 11.3. The summed E-state index contributed by atoms with van der Waals surface area (Å²) in [5.74, 6) is 0. The second-order valence-corrected chi connectivity index (χ2v) is 9.59. The molecule has 1 amide bonds. The highest BCUT2D eigenvalue weighted by Gasteiger charge is 2.26. The lowest BCUT2D eigenvalue weighted by molar-refractivity contribution is -0.383. The summed E-state index contributed by atoms with van der Waals surface area (Å²) in [5.41, 5.74) is 4.58. The molecule has 178 valence electrons. The lowest BCUT2D eigenvalue weighted by Gasteiger charge is -2.36. The number of nitro groups is 1. The van der Waals surface area contributed by atoms with Crippen molar-refractivity contribution in [2.75, 3.05) is 42.9 Å². The number of ether oxygens (including phenoxy) is 1. The van der Waals surface area contributed by atoms with Gasteiger partial charge in [0.25, 0.3) is 5.69 Å². The quantitative estimate of drug-likeness (QED) is 0.492. The normalized spacial score (nSPS) is 14.2. The van der Waals surface area contributed by atoms with Crippen LogP contribution in [0, 0.1) is 24.0 Å². The van der Waals surface area contributed by atoms with Crippen molar-refractivity contribution in [3.63, 3.8) is 0 Å². The lowest BCUT2D eigenvalue weighted by atomic mass is 10.1. The molecule has 8 nitrogen and oxygen atoms in total. The first kappa shape index (κ1) is 24.4. The monoisotopic (exact) mass is 454 g/mol. The number of carbonyl (C=O) groups is 1. The average molecular weight is 455 g/mol. The Labute approximate surface area is 195 Å². The maximum absolute atomic E-state index is 12.3. The molecule has 1 fully saturated rings. The van der Waals surface area contributed by atoms with E-state index < -0.39 is 5.60 Å². The summed E-state index contributed by atoms with van der Waals surface area (Å²) in [7, 11) is 0. The van der Waals surface area contributed by atoms with Gasteiger partial charge in [0.05, 0.1) is 4.92 Å². The van der Waals surface area contributed by atoms with Crippen LogP contribution < -0.4 is 10.2 Å². The Morgan fingerprint density at radius 3 is 2.27 bits per heavy atom. The second-order valence-electron chi connectivity index (χ2n) is 9.59. The average Bonchev–Trinajstić information content (AvgIpc) is 2.72. The molecule has 0 saturated carbocycles. The SMILES string of the molecule is Cc1cc(C)cc(CCNc2cc(N3CCN(C(=O)OC(C)(C)C)CC3)ccc2[N+](=O)[O-])c1. The highest BCUT2D eigenvalue weighted by atomic mass is 16.6. The van der Waals surface area contributed by atoms with E-state index in [2.05, 4.69) is 42.3 Å². The molecule has 0 unspecified atom stereocenters. The van der Waals surface area contributed by atoms with Crippen molar-refractivity contribution >= 4 is 23.2 Å². The maximum atomic E-state index is 12.3. The molecule has 8 heteroatoms. The van der Waals surface area contributed by atoms with E-state index in [1.807, 2.05) is 26.8 Å². The van der Waals surface area contributed by atoms with Crippen molar-refractivity contribution in [2.24, 2.45) is 0 Å². The van der Waals surface area contributed by atoms with E-state index in [-0.39, 0.29) is 16.7 Å². The summed E-state index contributed by atoms with van der Waals surface area (Å²) in [6.07, 6.45) is 0.470. The Kier molecular flexibility index (Phi) is 7.46. The van der Waals surface area contributed by atoms with Gasteiger partial charge in [-0.1, -0.05) is 29.3 Å². The van der Waals surface area contributed by atoms with Gasteiger partial charge in [0, 0.05) is 44.5 Å². The minimum absolute atomic E-state index is 0.0616. The van der Waals surface area contributed by atoms with Crippen LogP contribution in [0.3, 0.4) is 0 Å². The summed E-state index contributed by atoms with van der Waals surface area (Å²) in [4.78, 5) is 27.4. The number of anilines is 2. The van der Waals surface area contributed by atoms with Crippen molar-refractivity contribution in [3.05, 3.63) is 63.2 Å². The third kappa shape index (κ3) is 6.84. The van der Waals surface area contributed by atoms with Gasteiger partial charge in [0.1, 0.15) is 11.3 Å². The summed E-state index contributed by atoms with van der Waals surface area (Å²) < 4.78 is 5.46. The summed E-state index contributed by atoms with van der Waals surface area (Å²) >= 11 is 0. The molecule has 0 aliphatic carbocycles. The molecule has 2 aromatic carbocycles. The van der Waals surface area contributed by atoms with Gasteiger partial charge in [0.15, 0.2) is 0 Å². The van der Waals surface area contributed by atoms with E-state index in [4.69, 9.17) is 4.74 Å². The van der Waals surface area contributed by atoms with E-state index in [1.165, 1.54) is 16.7 Å². The highest BCUT2D eigenvalue weighted by molar-refractivity contribution is 5.71. The molecule has 1 N–H and O–H groups in total. The molecule has 1 aliphatic heterocycles. The van der Waals surface area contributed by atoms with E-state index in [9.17, 15) is 14.9 Å². The number of nitrogens with zero attached hydrogens (tertiary/aromatic N) is 3. The van der Waals surface area contributed by atoms with Crippen molar-refractivity contribution in [1.29, 1.82) is 0 Å². The first-order chi connectivity index (χ1) is 15.5. The molecular formula is C25H34N4O4. The van der Waals surface area contributed by atoms with Crippen LogP contribution in [0.15, 0.2) is 36.4 Å². The van der Waals surface area contributed by atoms with Crippen LogP contribution in [-0.2, 0) is 11.2 Å². The number of carbonyl (C=O) groups excluding carboxylic acids is 1. The molecule has 1 heterocycles. The zero-order chi connectivity index (χ0) is 24.2. The molecular weight excluding hydrogens is 420 g/mol. The van der Waals surface area contributed by atoms with Gasteiger partial charge in [-0.15, -0.1) is 0 Å². The summed E-state index contributed by atoms with van der Waals surface area (Å²) in [6.45, 7) is 12.7. The third-order valence-corrected chi connectivity index (χ3v) is 5.48. The zero-order valence-electron chi connectivity index (χ0n) is 20.2. The van der Waals surface area contributed by atoms with Gasteiger partial charge >= 0.3 is 6.09 Å². The topological polar surface area (TPSA) is 88.0 Å². The van der Waals surface area contributed by atoms with E-state index >= 15 is 0 Å². The van der Waals surface area contributed by atoms with Gasteiger partial charge in [0.2, 0.25) is 0 Å². The molecule has 3 rings (SSSR count). The predicted molar refractivity (Wildman–Crippen MR) is 131 cm³/mol. The van der Waals surface area contributed by atoms with Gasteiger partial charge in [-0.05, 0) is 58.7 Å². The summed E-state index contributed by atoms with van der Waals surface area (Å²) in [6, 6.07) is 11.6. The van der Waals surface area contributed by atoms with Gasteiger partial charge in [-0.3, -0.25) is 10.1 Å². The molecule has 0 atom stereocenters. The predicted octanol–water partition coefficient (Wildman–Crippen LogP) is 4.92. The minimum atomic E-state index is -0.524. The molecule has 0 spiro atoms. The molecule has 0 bridgehead atoms. The van der Waals surface area contributed by atoms with Crippen LogP contribution in [0.1, 0.15) is 37.5 Å². The van der Waals surface area contributed by atoms with E-state index in [1.54, 1.807) is 17.0 Å². The third-order valence-electron chi connectivity index (χ3n) is 5.48. The largest absolute Gasteiger partial charge is 0.444 e. The van der Waals surface area contributed by atoms with Gasteiger partial charge < -0.3 is 19.9 Å². The standard InChI is InChI=1S/C25H34N4O4/c1-18-14-19(2)16-20(15-18)8-9-26-22-17-21(6-7-23(22)29(31)32)27-10-12-28(13-11-27)24(30)33-25(3,4)5/h6-7,14-17,26H,8-13H2,1-5H3. The van der Waals surface area contributed by atoms with E-state index in [0.717, 1.165) is 12.1 Å². The van der Waals surface area contributed by atoms with Crippen molar-refractivity contribution in [2.45, 2.75) is 46.6 Å². The van der Waals surface area contributed by atoms with Crippen LogP contribution in [0.2, 0.25) is 0 Å². The Bertz CT molecular complexity index is 988. The Hall–Kier alpha value is -3.29. The number of aryl methyl sites for hydroxylation is 2. The number of rotatable bonds is 6. The van der Waals surface area contributed by atoms with Crippen LogP contribution in [0.5, 0.6) is 0 Å². The van der Waals surface area contributed by atoms with Crippen LogP contribution in [0.25, 0.3) is 0 Å². The molecule has 1 aliphatic rings. The number of amides is 1. The van der Waals surface area contributed by atoms with Crippen LogP contribution in [-0.4, -0.2) is 54.2 Å². The fraction of sp³-hybridized carbons (Fsp3) is 0.480. The molecule has 2 aromatic rings. The lowest BCUT2D eigenvalue weighted by Crippen LogP contribution is -2.50. The number of hydrogen-bond donors (Lipinski definition) is 1. The van der Waals surface area contributed by atoms with Gasteiger partial charge in [-0.2, -0.15) is 0 Å².